The molecule has 0 radical (unpaired) electrons. The first kappa shape index (κ1) is 23.0. The number of aryl methyl sites for hydroxylation is 1. The third-order valence-electron chi connectivity index (χ3n) is 6.17. The average Bonchev–Trinajstić information content (AvgIpc) is 2.82. The van der Waals surface area contributed by atoms with E-state index in [0.29, 0.717) is 30.3 Å². The molecule has 2 aromatic carbocycles. The molecule has 2 aliphatic rings. The second kappa shape index (κ2) is 11.1. The first-order valence-corrected chi connectivity index (χ1v) is 11.9. The van der Waals surface area contributed by atoms with E-state index in [1.54, 1.807) is 4.90 Å². The number of nitrogens with one attached hydrogen (secondary N) is 2. The van der Waals surface area contributed by atoms with Gasteiger partial charge in [-0.1, -0.05) is 37.0 Å². The van der Waals surface area contributed by atoms with Gasteiger partial charge in [-0.25, -0.2) is 4.79 Å². The van der Waals surface area contributed by atoms with Crippen molar-refractivity contribution in [1.82, 2.24) is 5.32 Å². The van der Waals surface area contributed by atoms with Crippen LogP contribution >= 0.6 is 0 Å². The standard InChI is InChI=1S/C26H33N3O4/c1-19-9-12-22(13-10-19)32-16-6-5-15-29-23-17-21(11-14-24(23)33-18-25(29)30)28-26(31)27-20-7-3-2-4-8-20/h9-14,17,20H,2-8,15-16,18H2,1H3,(H2,27,28,31). The Morgan fingerprint density at radius 3 is 2.67 bits per heavy atom. The zero-order valence-electron chi connectivity index (χ0n) is 19.3. The van der Waals surface area contributed by atoms with E-state index in [-0.39, 0.29) is 24.6 Å². The van der Waals surface area contributed by atoms with E-state index in [4.69, 9.17) is 9.47 Å². The molecule has 7 heteroatoms. The van der Waals surface area contributed by atoms with Crippen molar-refractivity contribution in [2.24, 2.45) is 0 Å². The van der Waals surface area contributed by atoms with Crippen LogP contribution in [0.5, 0.6) is 11.5 Å². The number of anilines is 2. The summed E-state index contributed by atoms with van der Waals surface area (Å²) in [7, 11) is 0. The smallest absolute Gasteiger partial charge is 0.319 e. The molecule has 0 unspecified atom stereocenters. The molecule has 1 aliphatic carbocycles. The lowest BCUT2D eigenvalue weighted by Crippen LogP contribution is -2.40. The van der Waals surface area contributed by atoms with E-state index in [9.17, 15) is 9.59 Å². The monoisotopic (exact) mass is 451 g/mol. The molecule has 0 spiro atoms. The van der Waals surface area contributed by atoms with Crippen LogP contribution in [-0.2, 0) is 4.79 Å². The lowest BCUT2D eigenvalue weighted by Gasteiger charge is -2.30. The van der Waals surface area contributed by atoms with Crippen molar-refractivity contribution in [3.63, 3.8) is 0 Å². The molecule has 0 saturated heterocycles. The molecule has 1 aliphatic heterocycles. The minimum absolute atomic E-state index is 0.0296. The van der Waals surface area contributed by atoms with Gasteiger partial charge in [0.05, 0.1) is 12.3 Å². The molecular weight excluding hydrogens is 418 g/mol. The van der Waals surface area contributed by atoms with E-state index < -0.39 is 0 Å². The Bertz CT molecular complexity index is 955. The lowest BCUT2D eigenvalue weighted by molar-refractivity contribution is -0.121. The highest BCUT2D eigenvalue weighted by atomic mass is 16.5. The van der Waals surface area contributed by atoms with Crippen molar-refractivity contribution in [1.29, 1.82) is 0 Å². The van der Waals surface area contributed by atoms with Gasteiger partial charge < -0.3 is 25.0 Å². The fourth-order valence-electron chi connectivity index (χ4n) is 4.32. The molecule has 4 rings (SSSR count). The van der Waals surface area contributed by atoms with Gasteiger partial charge in [0.15, 0.2) is 6.61 Å². The number of amides is 3. The summed E-state index contributed by atoms with van der Waals surface area (Å²) in [4.78, 5) is 26.7. The maximum atomic E-state index is 12.5. The van der Waals surface area contributed by atoms with E-state index in [0.717, 1.165) is 44.3 Å². The number of carbonyl (C=O) groups is 2. The Hall–Kier alpha value is -3.22. The molecule has 1 fully saturated rings. The Balaban J connectivity index is 1.30. The molecular formula is C26H33N3O4. The number of urea groups is 1. The summed E-state index contributed by atoms with van der Waals surface area (Å²) in [6, 6.07) is 13.5. The van der Waals surface area contributed by atoms with Crippen molar-refractivity contribution in [3.8, 4) is 11.5 Å². The molecule has 7 nitrogen and oxygen atoms in total. The number of hydrogen-bond acceptors (Lipinski definition) is 4. The summed E-state index contributed by atoms with van der Waals surface area (Å²) < 4.78 is 11.4. The van der Waals surface area contributed by atoms with Crippen LogP contribution in [0.25, 0.3) is 0 Å². The molecule has 0 atom stereocenters. The largest absolute Gasteiger partial charge is 0.494 e. The highest BCUT2D eigenvalue weighted by molar-refractivity contribution is 5.99. The molecule has 3 amide bonds. The van der Waals surface area contributed by atoms with Crippen LogP contribution in [0.3, 0.4) is 0 Å². The first-order chi connectivity index (χ1) is 16.1. The van der Waals surface area contributed by atoms with Crippen LogP contribution in [0, 0.1) is 6.92 Å². The minimum atomic E-state index is -0.204. The predicted molar refractivity (Wildman–Crippen MR) is 129 cm³/mol. The number of benzene rings is 2. The van der Waals surface area contributed by atoms with E-state index in [1.807, 2.05) is 49.4 Å². The van der Waals surface area contributed by atoms with Crippen molar-refractivity contribution < 1.29 is 19.1 Å². The number of ether oxygens (including phenoxy) is 2. The highest BCUT2D eigenvalue weighted by Gasteiger charge is 2.26. The summed E-state index contributed by atoms with van der Waals surface area (Å²) >= 11 is 0. The number of nitrogens with zero attached hydrogens (tertiary/aromatic N) is 1. The Morgan fingerprint density at radius 2 is 1.88 bits per heavy atom. The summed E-state index contributed by atoms with van der Waals surface area (Å²) in [5.41, 5.74) is 2.54. The third-order valence-corrected chi connectivity index (χ3v) is 6.17. The molecule has 0 bridgehead atoms. The second-order valence-electron chi connectivity index (χ2n) is 8.82. The van der Waals surface area contributed by atoms with Gasteiger partial charge in [-0.2, -0.15) is 0 Å². The van der Waals surface area contributed by atoms with Gasteiger partial charge in [0.1, 0.15) is 11.5 Å². The maximum absolute atomic E-state index is 12.5. The molecule has 2 aromatic rings. The fraction of sp³-hybridized carbons (Fsp3) is 0.462. The van der Waals surface area contributed by atoms with Crippen molar-refractivity contribution in [2.75, 3.05) is 30.0 Å². The molecule has 33 heavy (non-hydrogen) atoms. The fourth-order valence-corrected chi connectivity index (χ4v) is 4.32. The van der Waals surface area contributed by atoms with Gasteiger partial charge in [0.2, 0.25) is 0 Å². The summed E-state index contributed by atoms with van der Waals surface area (Å²) in [5, 5.41) is 5.97. The van der Waals surface area contributed by atoms with Crippen molar-refractivity contribution >= 4 is 23.3 Å². The van der Waals surface area contributed by atoms with E-state index >= 15 is 0 Å². The van der Waals surface area contributed by atoms with Gasteiger partial charge in [-0.15, -0.1) is 0 Å². The number of hydrogen-bond donors (Lipinski definition) is 2. The van der Waals surface area contributed by atoms with Crippen LogP contribution < -0.4 is 25.0 Å². The van der Waals surface area contributed by atoms with Crippen LogP contribution in [0.15, 0.2) is 42.5 Å². The molecule has 1 saturated carbocycles. The molecule has 2 N–H and O–H groups in total. The maximum Gasteiger partial charge on any atom is 0.319 e. The van der Waals surface area contributed by atoms with Gasteiger partial charge in [0, 0.05) is 18.3 Å². The number of unbranched alkanes of at least 4 members (excludes halogenated alkanes) is 1. The normalized spacial score (nSPS) is 16.0. The van der Waals surface area contributed by atoms with Crippen molar-refractivity contribution in [3.05, 3.63) is 48.0 Å². The Morgan fingerprint density at radius 1 is 1.09 bits per heavy atom. The van der Waals surface area contributed by atoms with E-state index in [1.165, 1.54) is 12.0 Å². The third kappa shape index (κ3) is 6.40. The summed E-state index contributed by atoms with van der Waals surface area (Å²) in [6.45, 7) is 3.24. The van der Waals surface area contributed by atoms with Gasteiger partial charge in [0.25, 0.3) is 5.91 Å². The average molecular weight is 452 g/mol. The Labute approximate surface area is 195 Å². The van der Waals surface area contributed by atoms with E-state index in [2.05, 4.69) is 10.6 Å². The van der Waals surface area contributed by atoms with Crippen LogP contribution in [-0.4, -0.2) is 37.7 Å². The van der Waals surface area contributed by atoms with Crippen LogP contribution in [0.2, 0.25) is 0 Å². The van der Waals surface area contributed by atoms with Gasteiger partial charge in [-0.3, -0.25) is 4.79 Å². The van der Waals surface area contributed by atoms with Gasteiger partial charge >= 0.3 is 6.03 Å². The van der Waals surface area contributed by atoms with Gasteiger partial charge in [-0.05, 0) is 62.9 Å². The number of carbonyl (C=O) groups excluding carboxylic acids is 2. The SMILES string of the molecule is Cc1ccc(OCCCCN2C(=O)COc3ccc(NC(=O)NC4CCCCC4)cc32)cc1. The number of rotatable bonds is 8. The zero-order chi connectivity index (χ0) is 23.0. The minimum Gasteiger partial charge on any atom is -0.494 e. The lowest BCUT2D eigenvalue weighted by atomic mass is 9.96. The van der Waals surface area contributed by atoms with Crippen LogP contribution in [0.1, 0.15) is 50.5 Å². The number of fused-ring (bicyclic) bond motifs is 1. The second-order valence-corrected chi connectivity index (χ2v) is 8.82. The highest BCUT2D eigenvalue weighted by Crippen LogP contribution is 2.35. The molecule has 176 valence electrons. The van der Waals surface area contributed by atoms with Crippen LogP contribution in [0.4, 0.5) is 16.2 Å². The summed E-state index contributed by atoms with van der Waals surface area (Å²) in [6.07, 6.45) is 7.25. The zero-order valence-corrected chi connectivity index (χ0v) is 19.3. The predicted octanol–water partition coefficient (Wildman–Crippen LogP) is 5.03. The van der Waals surface area contributed by atoms with Crippen molar-refractivity contribution in [2.45, 2.75) is 57.9 Å². The quantitative estimate of drug-likeness (QED) is 0.552. The molecule has 0 aromatic heterocycles. The topological polar surface area (TPSA) is 79.9 Å². The summed E-state index contributed by atoms with van der Waals surface area (Å²) in [5.74, 6) is 1.44. The molecule has 1 heterocycles. The Kier molecular flexibility index (Phi) is 7.70. The first-order valence-electron chi connectivity index (χ1n) is 11.9.